The average molecular weight is 337 g/mol. The standard InChI is InChI=1S/C18H18F3NO2/c1-17(2,3)22(15-10-5-4-9-14(15)16(23)24)13-8-6-7-12(11-13)18(19,20)21/h4-11H,1-3H3,(H,23,24). The van der Waals surface area contributed by atoms with Gasteiger partial charge >= 0.3 is 12.1 Å². The molecule has 0 saturated heterocycles. The fourth-order valence-electron chi connectivity index (χ4n) is 2.56. The number of alkyl halides is 3. The molecule has 2 aromatic carbocycles. The molecule has 2 aromatic rings. The van der Waals surface area contributed by atoms with Crippen molar-refractivity contribution in [2.45, 2.75) is 32.5 Å². The summed E-state index contributed by atoms with van der Waals surface area (Å²) in [7, 11) is 0. The number of nitrogens with zero attached hydrogens (tertiary/aromatic N) is 1. The van der Waals surface area contributed by atoms with Crippen LogP contribution in [0.2, 0.25) is 0 Å². The number of halogens is 3. The maximum absolute atomic E-state index is 13.0. The van der Waals surface area contributed by atoms with Gasteiger partial charge in [-0.15, -0.1) is 0 Å². The van der Waals surface area contributed by atoms with Crippen LogP contribution in [0, 0.1) is 0 Å². The van der Waals surface area contributed by atoms with Gasteiger partial charge in [0.25, 0.3) is 0 Å². The molecule has 0 aromatic heterocycles. The zero-order valence-electron chi connectivity index (χ0n) is 13.6. The Morgan fingerprint density at radius 3 is 2.17 bits per heavy atom. The van der Waals surface area contributed by atoms with Crippen molar-refractivity contribution in [3.05, 3.63) is 59.7 Å². The van der Waals surface area contributed by atoms with Crippen molar-refractivity contribution in [3.63, 3.8) is 0 Å². The molecule has 1 N–H and O–H groups in total. The van der Waals surface area contributed by atoms with Gasteiger partial charge in [0.05, 0.1) is 16.8 Å². The molecule has 2 rings (SSSR count). The third-order valence-corrected chi connectivity index (χ3v) is 3.48. The molecule has 0 radical (unpaired) electrons. The topological polar surface area (TPSA) is 40.5 Å². The fraction of sp³-hybridized carbons (Fsp3) is 0.278. The Morgan fingerprint density at radius 2 is 1.62 bits per heavy atom. The Morgan fingerprint density at radius 1 is 1.00 bits per heavy atom. The molecular weight excluding hydrogens is 319 g/mol. The predicted octanol–water partition coefficient (Wildman–Crippen LogP) is 5.34. The summed E-state index contributed by atoms with van der Waals surface area (Å²) >= 11 is 0. The van der Waals surface area contributed by atoms with Crippen molar-refractivity contribution in [1.29, 1.82) is 0 Å². The first-order valence-corrected chi connectivity index (χ1v) is 7.31. The van der Waals surface area contributed by atoms with E-state index in [0.29, 0.717) is 5.69 Å². The first-order chi connectivity index (χ1) is 11.0. The molecule has 0 amide bonds. The number of rotatable bonds is 3. The van der Waals surface area contributed by atoms with Crippen LogP contribution >= 0.6 is 0 Å². The fourth-order valence-corrected chi connectivity index (χ4v) is 2.56. The van der Waals surface area contributed by atoms with E-state index in [9.17, 15) is 23.1 Å². The molecule has 128 valence electrons. The Labute approximate surface area is 138 Å². The first-order valence-electron chi connectivity index (χ1n) is 7.31. The van der Waals surface area contributed by atoms with Gasteiger partial charge in [-0.1, -0.05) is 18.2 Å². The highest BCUT2D eigenvalue weighted by Gasteiger charge is 2.33. The predicted molar refractivity (Wildman–Crippen MR) is 86.7 cm³/mol. The summed E-state index contributed by atoms with van der Waals surface area (Å²) in [6.07, 6.45) is -4.47. The van der Waals surface area contributed by atoms with Gasteiger partial charge in [0.2, 0.25) is 0 Å². The summed E-state index contributed by atoms with van der Waals surface area (Å²) < 4.78 is 39.1. The summed E-state index contributed by atoms with van der Waals surface area (Å²) in [5.74, 6) is -1.13. The van der Waals surface area contributed by atoms with E-state index in [1.807, 2.05) is 20.8 Å². The molecule has 24 heavy (non-hydrogen) atoms. The Bertz CT molecular complexity index is 748. The minimum absolute atomic E-state index is 0.0323. The zero-order chi connectivity index (χ0) is 18.1. The van der Waals surface area contributed by atoms with Gasteiger partial charge < -0.3 is 10.0 Å². The summed E-state index contributed by atoms with van der Waals surface area (Å²) in [5, 5.41) is 9.40. The Balaban J connectivity index is 2.67. The van der Waals surface area contributed by atoms with Gasteiger partial charge in [-0.05, 0) is 51.1 Å². The van der Waals surface area contributed by atoms with Gasteiger partial charge in [-0.2, -0.15) is 13.2 Å². The number of hydrogen-bond acceptors (Lipinski definition) is 2. The van der Waals surface area contributed by atoms with E-state index in [1.54, 1.807) is 29.2 Å². The number of carbonyl (C=O) groups is 1. The molecule has 0 aliphatic rings. The van der Waals surface area contributed by atoms with E-state index in [-0.39, 0.29) is 11.3 Å². The number of carboxylic acids is 1. The molecule has 3 nitrogen and oxygen atoms in total. The highest BCUT2D eigenvalue weighted by molar-refractivity contribution is 5.95. The van der Waals surface area contributed by atoms with Crippen molar-refractivity contribution >= 4 is 17.3 Å². The summed E-state index contributed by atoms with van der Waals surface area (Å²) in [5.41, 5.74) is -0.745. The van der Waals surface area contributed by atoms with Crippen molar-refractivity contribution < 1.29 is 23.1 Å². The highest BCUT2D eigenvalue weighted by atomic mass is 19.4. The average Bonchev–Trinajstić information content (AvgIpc) is 2.46. The van der Waals surface area contributed by atoms with Crippen LogP contribution in [0.3, 0.4) is 0 Å². The molecule has 0 bridgehead atoms. The van der Waals surface area contributed by atoms with Crippen molar-refractivity contribution in [2.75, 3.05) is 4.90 Å². The van der Waals surface area contributed by atoms with Crippen molar-refractivity contribution in [3.8, 4) is 0 Å². The van der Waals surface area contributed by atoms with Crippen LogP contribution in [0.25, 0.3) is 0 Å². The van der Waals surface area contributed by atoms with Gasteiger partial charge in [0, 0.05) is 11.2 Å². The molecule has 0 aliphatic heterocycles. The van der Waals surface area contributed by atoms with Gasteiger partial charge in [0.1, 0.15) is 0 Å². The number of para-hydroxylation sites is 1. The lowest BCUT2D eigenvalue weighted by Crippen LogP contribution is -2.38. The lowest BCUT2D eigenvalue weighted by Gasteiger charge is -2.38. The molecule has 0 heterocycles. The maximum Gasteiger partial charge on any atom is 0.416 e. The normalized spacial score (nSPS) is 12.1. The SMILES string of the molecule is CC(C)(C)N(c1cccc(C(F)(F)F)c1)c1ccccc1C(=O)O. The zero-order valence-corrected chi connectivity index (χ0v) is 13.6. The number of carboxylic acid groups (broad SMARTS) is 1. The van der Waals surface area contributed by atoms with Crippen LogP contribution < -0.4 is 4.90 Å². The lowest BCUT2D eigenvalue weighted by molar-refractivity contribution is -0.137. The van der Waals surface area contributed by atoms with Gasteiger partial charge in [-0.25, -0.2) is 4.79 Å². The van der Waals surface area contributed by atoms with Crippen LogP contribution in [-0.2, 0) is 6.18 Å². The maximum atomic E-state index is 13.0. The molecule has 6 heteroatoms. The van der Waals surface area contributed by atoms with Crippen LogP contribution in [0.1, 0.15) is 36.7 Å². The van der Waals surface area contributed by atoms with Crippen LogP contribution in [-0.4, -0.2) is 16.6 Å². The summed E-state index contributed by atoms with van der Waals surface area (Å²) in [4.78, 5) is 13.1. The number of anilines is 2. The van der Waals surface area contributed by atoms with Crippen LogP contribution in [0.5, 0.6) is 0 Å². The minimum Gasteiger partial charge on any atom is -0.478 e. The van der Waals surface area contributed by atoms with Crippen LogP contribution in [0.15, 0.2) is 48.5 Å². The number of hydrogen-bond donors (Lipinski definition) is 1. The second-order valence-electron chi connectivity index (χ2n) is 6.38. The molecule has 0 fully saturated rings. The van der Waals surface area contributed by atoms with Gasteiger partial charge in [-0.3, -0.25) is 0 Å². The third kappa shape index (κ3) is 3.69. The minimum atomic E-state index is -4.47. The molecule has 0 saturated carbocycles. The molecular formula is C18H18F3NO2. The molecule has 0 aliphatic carbocycles. The Kier molecular flexibility index (Phi) is 4.60. The summed E-state index contributed by atoms with van der Waals surface area (Å²) in [6.45, 7) is 5.43. The molecule has 0 unspecified atom stereocenters. The second-order valence-corrected chi connectivity index (χ2v) is 6.38. The Hall–Kier alpha value is -2.50. The largest absolute Gasteiger partial charge is 0.478 e. The van der Waals surface area contributed by atoms with Crippen molar-refractivity contribution in [1.82, 2.24) is 0 Å². The van der Waals surface area contributed by atoms with Gasteiger partial charge in [0.15, 0.2) is 0 Å². The van der Waals surface area contributed by atoms with Crippen molar-refractivity contribution in [2.24, 2.45) is 0 Å². The van der Waals surface area contributed by atoms with E-state index in [1.165, 1.54) is 12.1 Å². The van der Waals surface area contributed by atoms with E-state index < -0.39 is 23.2 Å². The molecule has 0 spiro atoms. The third-order valence-electron chi connectivity index (χ3n) is 3.48. The van der Waals surface area contributed by atoms with E-state index in [0.717, 1.165) is 12.1 Å². The van der Waals surface area contributed by atoms with Crippen LogP contribution in [0.4, 0.5) is 24.5 Å². The van der Waals surface area contributed by atoms with E-state index in [2.05, 4.69) is 0 Å². The highest BCUT2D eigenvalue weighted by Crippen LogP contribution is 2.38. The monoisotopic (exact) mass is 337 g/mol. The first kappa shape index (κ1) is 17.8. The number of benzene rings is 2. The van der Waals surface area contributed by atoms with E-state index >= 15 is 0 Å². The quantitative estimate of drug-likeness (QED) is 0.822. The lowest BCUT2D eigenvalue weighted by atomic mass is 10.00. The van der Waals surface area contributed by atoms with E-state index in [4.69, 9.17) is 0 Å². The smallest absolute Gasteiger partial charge is 0.416 e. The second kappa shape index (κ2) is 6.19. The molecule has 0 atom stereocenters. The number of aromatic carboxylic acids is 1. The summed E-state index contributed by atoms with van der Waals surface area (Å²) in [6, 6.07) is 11.2.